The van der Waals surface area contributed by atoms with Crippen LogP contribution in [0.4, 0.5) is 14.5 Å². The minimum atomic E-state index is -0.616. The summed E-state index contributed by atoms with van der Waals surface area (Å²) in [6.45, 7) is 1.73. The van der Waals surface area contributed by atoms with Crippen LogP contribution in [0.15, 0.2) is 61.2 Å². The lowest BCUT2D eigenvalue weighted by Crippen LogP contribution is -2.09. The molecule has 0 saturated heterocycles. The van der Waals surface area contributed by atoms with Gasteiger partial charge in [0.25, 0.3) is 0 Å². The molecule has 1 amide bonds. The first-order chi connectivity index (χ1) is 18.0. The van der Waals surface area contributed by atoms with Crippen LogP contribution in [0.3, 0.4) is 0 Å². The molecule has 11 heteroatoms. The number of pyridine rings is 3. The maximum absolute atomic E-state index is 15.9. The molecular formula is C26H18F2N8O. The SMILES string of the molecule is CCC(=O)Nc1cncc(-c2ncc3[nH]nc(-c4nc5nccc(-c6ccc(F)cc6)c5[nH]4)c3c2F)c1. The molecule has 0 saturated carbocycles. The lowest BCUT2D eigenvalue weighted by atomic mass is 10.1. The van der Waals surface area contributed by atoms with Crippen molar-refractivity contribution in [2.45, 2.75) is 13.3 Å². The van der Waals surface area contributed by atoms with Crippen molar-refractivity contribution in [1.29, 1.82) is 0 Å². The van der Waals surface area contributed by atoms with Crippen LogP contribution in [-0.2, 0) is 4.79 Å². The second kappa shape index (κ2) is 8.86. The molecule has 182 valence electrons. The van der Waals surface area contributed by atoms with E-state index in [9.17, 15) is 9.18 Å². The molecule has 0 aliphatic heterocycles. The van der Waals surface area contributed by atoms with E-state index in [0.717, 1.165) is 11.1 Å². The average Bonchev–Trinajstić information content (AvgIpc) is 3.54. The molecular weight excluding hydrogens is 478 g/mol. The first-order valence-electron chi connectivity index (χ1n) is 11.4. The van der Waals surface area contributed by atoms with Crippen molar-refractivity contribution >= 4 is 33.7 Å². The van der Waals surface area contributed by atoms with E-state index in [2.05, 4.69) is 40.4 Å². The Morgan fingerprint density at radius 2 is 1.84 bits per heavy atom. The van der Waals surface area contributed by atoms with Crippen LogP contribution in [0.5, 0.6) is 0 Å². The number of halogens is 2. The average molecular weight is 496 g/mol. The quantitative estimate of drug-likeness (QED) is 0.299. The number of aromatic nitrogens is 7. The molecule has 6 aromatic rings. The minimum Gasteiger partial charge on any atom is -0.335 e. The highest BCUT2D eigenvalue weighted by molar-refractivity contribution is 5.97. The lowest BCUT2D eigenvalue weighted by Gasteiger charge is -2.07. The van der Waals surface area contributed by atoms with Crippen molar-refractivity contribution < 1.29 is 13.6 Å². The molecule has 0 radical (unpaired) electrons. The van der Waals surface area contributed by atoms with Crippen LogP contribution in [0.1, 0.15) is 13.3 Å². The largest absolute Gasteiger partial charge is 0.335 e. The van der Waals surface area contributed by atoms with E-state index >= 15 is 4.39 Å². The first-order valence-corrected chi connectivity index (χ1v) is 11.4. The van der Waals surface area contributed by atoms with Crippen molar-refractivity contribution in [3.63, 3.8) is 0 Å². The van der Waals surface area contributed by atoms with Gasteiger partial charge in [-0.1, -0.05) is 19.1 Å². The number of carbonyl (C=O) groups excluding carboxylic acids is 1. The van der Waals surface area contributed by atoms with Gasteiger partial charge in [-0.25, -0.2) is 18.7 Å². The van der Waals surface area contributed by atoms with Crippen LogP contribution in [0.2, 0.25) is 0 Å². The Balaban J connectivity index is 1.46. The third kappa shape index (κ3) is 3.96. The number of nitrogens with one attached hydrogen (secondary N) is 3. The van der Waals surface area contributed by atoms with E-state index in [1.807, 2.05) is 0 Å². The zero-order valence-electron chi connectivity index (χ0n) is 19.4. The number of rotatable bonds is 5. The number of anilines is 1. The summed E-state index contributed by atoms with van der Waals surface area (Å²) in [5.74, 6) is -0.829. The number of benzene rings is 1. The molecule has 0 unspecified atom stereocenters. The summed E-state index contributed by atoms with van der Waals surface area (Å²) in [6.07, 6.45) is 6.34. The summed E-state index contributed by atoms with van der Waals surface area (Å²) in [4.78, 5) is 32.2. The van der Waals surface area contributed by atoms with Crippen LogP contribution in [0, 0.1) is 11.6 Å². The van der Waals surface area contributed by atoms with Crippen molar-refractivity contribution in [2.75, 3.05) is 5.32 Å². The fourth-order valence-electron chi connectivity index (χ4n) is 4.13. The lowest BCUT2D eigenvalue weighted by molar-refractivity contribution is -0.115. The molecule has 5 heterocycles. The van der Waals surface area contributed by atoms with E-state index in [0.29, 0.717) is 40.2 Å². The molecule has 0 fully saturated rings. The highest BCUT2D eigenvalue weighted by Gasteiger charge is 2.21. The smallest absolute Gasteiger partial charge is 0.224 e. The topological polar surface area (TPSA) is 125 Å². The minimum absolute atomic E-state index is 0.0523. The van der Waals surface area contributed by atoms with Gasteiger partial charge in [-0.3, -0.25) is 19.9 Å². The van der Waals surface area contributed by atoms with E-state index in [4.69, 9.17) is 0 Å². The van der Waals surface area contributed by atoms with Crippen molar-refractivity contribution in [2.24, 2.45) is 0 Å². The van der Waals surface area contributed by atoms with Crippen molar-refractivity contribution in [3.8, 4) is 33.9 Å². The number of aromatic amines is 2. The summed E-state index contributed by atoms with van der Waals surface area (Å²) >= 11 is 0. The maximum Gasteiger partial charge on any atom is 0.224 e. The first kappa shape index (κ1) is 22.4. The molecule has 0 bridgehead atoms. The predicted molar refractivity (Wildman–Crippen MR) is 134 cm³/mol. The van der Waals surface area contributed by atoms with Crippen LogP contribution < -0.4 is 5.32 Å². The zero-order valence-corrected chi connectivity index (χ0v) is 19.4. The van der Waals surface area contributed by atoms with Gasteiger partial charge in [0.1, 0.15) is 17.2 Å². The van der Waals surface area contributed by atoms with Gasteiger partial charge in [0.15, 0.2) is 17.3 Å². The second-order valence-corrected chi connectivity index (χ2v) is 8.30. The Morgan fingerprint density at radius 3 is 2.65 bits per heavy atom. The van der Waals surface area contributed by atoms with Gasteiger partial charge >= 0.3 is 0 Å². The molecule has 6 rings (SSSR count). The van der Waals surface area contributed by atoms with Gasteiger partial charge in [0.05, 0.1) is 34.5 Å². The number of nitrogens with zero attached hydrogens (tertiary/aromatic N) is 5. The number of carbonyl (C=O) groups is 1. The summed E-state index contributed by atoms with van der Waals surface area (Å²) < 4.78 is 29.3. The molecule has 37 heavy (non-hydrogen) atoms. The molecule has 5 aromatic heterocycles. The highest BCUT2D eigenvalue weighted by Crippen LogP contribution is 2.34. The Labute approximate surface area is 208 Å². The van der Waals surface area contributed by atoms with Gasteiger partial charge in [-0.15, -0.1) is 0 Å². The number of hydrogen-bond donors (Lipinski definition) is 3. The summed E-state index contributed by atoms with van der Waals surface area (Å²) in [7, 11) is 0. The van der Waals surface area contributed by atoms with Crippen molar-refractivity contribution in [3.05, 3.63) is 72.8 Å². The Bertz CT molecular complexity index is 1790. The Morgan fingerprint density at radius 1 is 1.00 bits per heavy atom. The van der Waals surface area contributed by atoms with Crippen LogP contribution in [-0.4, -0.2) is 41.0 Å². The number of H-pyrrole nitrogens is 2. The monoisotopic (exact) mass is 496 g/mol. The summed E-state index contributed by atoms with van der Waals surface area (Å²) in [5.41, 5.74) is 4.08. The third-order valence-corrected chi connectivity index (χ3v) is 5.93. The van der Waals surface area contributed by atoms with Crippen LogP contribution >= 0.6 is 0 Å². The molecule has 0 atom stereocenters. The third-order valence-electron chi connectivity index (χ3n) is 5.93. The van der Waals surface area contributed by atoms with Crippen LogP contribution in [0.25, 0.3) is 56.0 Å². The van der Waals surface area contributed by atoms with E-state index in [1.165, 1.54) is 30.7 Å². The van der Waals surface area contributed by atoms with E-state index in [1.54, 1.807) is 37.4 Å². The molecule has 0 spiro atoms. The van der Waals surface area contributed by atoms with Crippen molar-refractivity contribution in [1.82, 2.24) is 35.1 Å². The fourth-order valence-corrected chi connectivity index (χ4v) is 4.13. The van der Waals surface area contributed by atoms with E-state index in [-0.39, 0.29) is 28.5 Å². The van der Waals surface area contributed by atoms with Gasteiger partial charge in [0.2, 0.25) is 5.91 Å². The van der Waals surface area contributed by atoms with Gasteiger partial charge in [0, 0.05) is 29.9 Å². The number of imidazole rings is 1. The Hall–Kier alpha value is -5.06. The standard InChI is InChI=1S/C26H18F2N8O/c1-2-19(37)32-16-9-14(10-29-11-16)22-21(28)20-18(12-31-22)35-36-24(20)26-33-23-17(7-8-30-25(23)34-26)13-3-5-15(27)6-4-13/h3-12H,2H2,1H3,(H,32,37)(H,35,36)(H,30,33,34). The number of fused-ring (bicyclic) bond motifs is 2. The predicted octanol–water partition coefficient (Wildman–Crippen LogP) is 5.25. The number of amides is 1. The maximum atomic E-state index is 15.9. The molecule has 0 aliphatic rings. The summed E-state index contributed by atoms with van der Waals surface area (Å²) in [6, 6.07) is 9.48. The molecule has 9 nitrogen and oxygen atoms in total. The molecule has 1 aromatic carbocycles. The summed E-state index contributed by atoms with van der Waals surface area (Å²) in [5, 5.41) is 10.00. The highest BCUT2D eigenvalue weighted by atomic mass is 19.1. The van der Waals surface area contributed by atoms with Gasteiger partial charge in [-0.05, 0) is 29.8 Å². The normalized spacial score (nSPS) is 11.3. The molecule has 0 aliphatic carbocycles. The fraction of sp³-hybridized carbons (Fsp3) is 0.0769. The van der Waals surface area contributed by atoms with E-state index < -0.39 is 5.82 Å². The molecule has 3 N–H and O–H groups in total. The van der Waals surface area contributed by atoms with Gasteiger partial charge < -0.3 is 10.3 Å². The zero-order chi connectivity index (χ0) is 25.5. The Kier molecular flexibility index (Phi) is 5.37. The van der Waals surface area contributed by atoms with Gasteiger partial charge in [-0.2, -0.15) is 5.10 Å². The number of hydrogen-bond acceptors (Lipinski definition) is 6. The second-order valence-electron chi connectivity index (χ2n) is 8.30.